The molecule has 2 saturated carbocycles. The maximum Gasteiger partial charge on any atom is 0.120 e. The van der Waals surface area contributed by atoms with E-state index in [1.54, 1.807) is 0 Å². The summed E-state index contributed by atoms with van der Waals surface area (Å²) < 4.78 is 0. The number of carbonyl (C=O) groups is 1. The third-order valence-corrected chi connectivity index (χ3v) is 4.38. The highest BCUT2D eigenvalue weighted by Gasteiger charge is 2.33. The van der Waals surface area contributed by atoms with Gasteiger partial charge < -0.3 is 4.79 Å². The van der Waals surface area contributed by atoms with E-state index in [1.165, 1.54) is 51.4 Å². The first-order valence-corrected chi connectivity index (χ1v) is 6.35. The molecule has 2 fully saturated rings. The third-order valence-electron chi connectivity index (χ3n) is 4.38. The molecule has 0 unspecified atom stereocenters. The molecule has 0 bridgehead atoms. The number of fused-ring (bicyclic) bond motifs is 1. The maximum absolute atomic E-state index is 10.4. The summed E-state index contributed by atoms with van der Waals surface area (Å²) in [5.41, 5.74) is 0. The molecule has 0 aliphatic heterocycles. The lowest BCUT2D eigenvalue weighted by atomic mass is 9.64. The van der Waals surface area contributed by atoms with Gasteiger partial charge in [0.2, 0.25) is 0 Å². The van der Waals surface area contributed by atoms with E-state index < -0.39 is 0 Å². The van der Waals surface area contributed by atoms with E-state index in [-0.39, 0.29) is 0 Å². The number of rotatable bonds is 3. The Morgan fingerprint density at radius 2 is 1.79 bits per heavy atom. The Morgan fingerprint density at radius 3 is 2.64 bits per heavy atom. The van der Waals surface area contributed by atoms with Gasteiger partial charge in [-0.25, -0.2) is 0 Å². The fourth-order valence-corrected chi connectivity index (χ4v) is 3.71. The first-order valence-electron chi connectivity index (χ1n) is 6.35. The highest BCUT2D eigenvalue weighted by molar-refractivity contribution is 5.49. The fraction of sp³-hybridized carbons (Fsp3) is 0.923. The molecular weight excluding hydrogens is 172 g/mol. The zero-order valence-electron chi connectivity index (χ0n) is 9.08. The Labute approximate surface area is 87.3 Å². The molecule has 14 heavy (non-hydrogen) atoms. The molecular formula is C13H22O. The number of hydrogen-bond donors (Lipinski definition) is 0. The van der Waals surface area contributed by atoms with Crippen molar-refractivity contribution in [1.29, 1.82) is 0 Å². The first kappa shape index (κ1) is 10.2. The minimum atomic E-state index is 0.799. The van der Waals surface area contributed by atoms with Gasteiger partial charge in [-0.1, -0.05) is 38.5 Å². The van der Waals surface area contributed by atoms with Gasteiger partial charge in [-0.05, 0) is 30.6 Å². The lowest BCUT2D eigenvalue weighted by molar-refractivity contribution is -0.108. The summed E-state index contributed by atoms with van der Waals surface area (Å²) in [5.74, 6) is 2.89. The summed E-state index contributed by atoms with van der Waals surface area (Å²) in [4.78, 5) is 10.4. The normalized spacial score (nSPS) is 37.6. The van der Waals surface area contributed by atoms with Crippen molar-refractivity contribution in [3.05, 3.63) is 0 Å². The van der Waals surface area contributed by atoms with Gasteiger partial charge in [-0.3, -0.25) is 0 Å². The second kappa shape index (κ2) is 4.95. The Balaban J connectivity index is 1.90. The van der Waals surface area contributed by atoms with Gasteiger partial charge in [0.05, 0.1) is 0 Å². The van der Waals surface area contributed by atoms with Gasteiger partial charge in [0.25, 0.3) is 0 Å². The van der Waals surface area contributed by atoms with Gasteiger partial charge in [0.1, 0.15) is 6.29 Å². The molecule has 0 spiro atoms. The molecule has 0 aromatic heterocycles. The summed E-state index contributed by atoms with van der Waals surface area (Å²) in [5, 5.41) is 0. The molecule has 1 nitrogen and oxygen atoms in total. The molecule has 0 amide bonds. The molecule has 0 N–H and O–H groups in total. The number of aldehydes is 1. The van der Waals surface area contributed by atoms with Crippen LogP contribution in [0.4, 0.5) is 0 Å². The molecule has 0 aromatic carbocycles. The summed E-state index contributed by atoms with van der Waals surface area (Å²) in [6.45, 7) is 0. The van der Waals surface area contributed by atoms with Crippen molar-refractivity contribution < 1.29 is 4.79 Å². The third kappa shape index (κ3) is 2.18. The second-order valence-electron chi connectivity index (χ2n) is 5.14. The van der Waals surface area contributed by atoms with Gasteiger partial charge in [-0.15, -0.1) is 0 Å². The molecule has 1 heteroatoms. The Kier molecular flexibility index (Phi) is 3.61. The van der Waals surface area contributed by atoms with E-state index in [4.69, 9.17) is 0 Å². The summed E-state index contributed by atoms with van der Waals surface area (Å²) in [6, 6.07) is 0. The van der Waals surface area contributed by atoms with Crippen molar-refractivity contribution in [1.82, 2.24) is 0 Å². The second-order valence-corrected chi connectivity index (χ2v) is 5.14. The Hall–Kier alpha value is -0.330. The van der Waals surface area contributed by atoms with Crippen molar-refractivity contribution in [2.75, 3.05) is 0 Å². The van der Waals surface area contributed by atoms with Crippen LogP contribution >= 0.6 is 0 Å². The first-order chi connectivity index (χ1) is 6.92. The van der Waals surface area contributed by atoms with Crippen molar-refractivity contribution >= 4 is 6.29 Å². The van der Waals surface area contributed by atoms with E-state index in [9.17, 15) is 4.79 Å². The van der Waals surface area contributed by atoms with E-state index in [2.05, 4.69) is 0 Å². The van der Waals surface area contributed by atoms with Gasteiger partial charge >= 0.3 is 0 Å². The average molecular weight is 194 g/mol. The lowest BCUT2D eigenvalue weighted by Gasteiger charge is -2.41. The van der Waals surface area contributed by atoms with Crippen LogP contribution in [0.2, 0.25) is 0 Å². The van der Waals surface area contributed by atoms with Crippen LogP contribution in [-0.2, 0) is 4.79 Å². The van der Waals surface area contributed by atoms with Crippen LogP contribution in [0.15, 0.2) is 0 Å². The minimum Gasteiger partial charge on any atom is -0.303 e. The van der Waals surface area contributed by atoms with Gasteiger partial charge in [-0.2, -0.15) is 0 Å². The summed E-state index contributed by atoms with van der Waals surface area (Å²) in [6.07, 6.45) is 13.2. The standard InChI is InChI=1S/C13H22O/c14-10-4-8-12-7-3-6-11-5-1-2-9-13(11)12/h10-13H,1-9H2/t11-,12-,13-/m0/s1. The largest absolute Gasteiger partial charge is 0.303 e. The maximum atomic E-state index is 10.4. The molecule has 0 saturated heterocycles. The number of carbonyl (C=O) groups excluding carboxylic acids is 1. The monoisotopic (exact) mass is 194 g/mol. The molecule has 2 aliphatic rings. The van der Waals surface area contributed by atoms with Gasteiger partial charge in [0.15, 0.2) is 0 Å². The minimum absolute atomic E-state index is 0.799. The zero-order valence-corrected chi connectivity index (χ0v) is 9.08. The quantitative estimate of drug-likeness (QED) is 0.628. The van der Waals surface area contributed by atoms with E-state index >= 15 is 0 Å². The zero-order chi connectivity index (χ0) is 9.80. The molecule has 0 heterocycles. The highest BCUT2D eigenvalue weighted by atomic mass is 16.1. The lowest BCUT2D eigenvalue weighted by Crippen LogP contribution is -2.30. The van der Waals surface area contributed by atoms with Crippen molar-refractivity contribution in [3.8, 4) is 0 Å². The SMILES string of the molecule is O=CCC[C@@H]1CCC[C@@H]2CCCC[C@@H]21. The molecule has 2 rings (SSSR count). The van der Waals surface area contributed by atoms with Crippen LogP contribution < -0.4 is 0 Å². The number of hydrogen-bond acceptors (Lipinski definition) is 1. The average Bonchev–Trinajstić information content (AvgIpc) is 2.26. The van der Waals surface area contributed by atoms with Crippen LogP contribution in [0.1, 0.15) is 57.8 Å². The van der Waals surface area contributed by atoms with Crippen LogP contribution in [0, 0.1) is 17.8 Å². The fourth-order valence-electron chi connectivity index (χ4n) is 3.71. The van der Waals surface area contributed by atoms with Crippen molar-refractivity contribution in [2.24, 2.45) is 17.8 Å². The molecule has 80 valence electrons. The summed E-state index contributed by atoms with van der Waals surface area (Å²) in [7, 11) is 0. The van der Waals surface area contributed by atoms with E-state index in [0.717, 1.165) is 30.5 Å². The molecule has 3 atom stereocenters. The van der Waals surface area contributed by atoms with Crippen LogP contribution in [0.3, 0.4) is 0 Å². The molecule has 0 radical (unpaired) electrons. The predicted molar refractivity (Wildman–Crippen MR) is 58.1 cm³/mol. The smallest absolute Gasteiger partial charge is 0.120 e. The van der Waals surface area contributed by atoms with Crippen LogP contribution in [-0.4, -0.2) is 6.29 Å². The molecule has 0 aromatic rings. The molecule has 2 aliphatic carbocycles. The topological polar surface area (TPSA) is 17.1 Å². The predicted octanol–water partition coefficient (Wildman–Crippen LogP) is 3.57. The van der Waals surface area contributed by atoms with Gasteiger partial charge in [0, 0.05) is 6.42 Å². The van der Waals surface area contributed by atoms with Crippen molar-refractivity contribution in [2.45, 2.75) is 57.8 Å². The van der Waals surface area contributed by atoms with Crippen molar-refractivity contribution in [3.63, 3.8) is 0 Å². The van der Waals surface area contributed by atoms with E-state index in [1.807, 2.05) is 0 Å². The Morgan fingerprint density at radius 1 is 1.00 bits per heavy atom. The Bertz CT molecular complexity index is 186. The van der Waals surface area contributed by atoms with E-state index in [0.29, 0.717) is 0 Å². The van der Waals surface area contributed by atoms with Crippen LogP contribution in [0.25, 0.3) is 0 Å². The highest BCUT2D eigenvalue weighted by Crippen LogP contribution is 2.45. The summed E-state index contributed by atoms with van der Waals surface area (Å²) >= 11 is 0. The van der Waals surface area contributed by atoms with Crippen LogP contribution in [0.5, 0.6) is 0 Å².